The Morgan fingerprint density at radius 1 is 1.31 bits per heavy atom. The first-order valence-electron chi connectivity index (χ1n) is 4.56. The zero-order valence-electron chi connectivity index (χ0n) is 8.28. The van der Waals surface area contributed by atoms with Gasteiger partial charge in [-0.05, 0) is 24.1 Å². The number of carboxylic acid groups (broad SMARTS) is 1. The molecule has 0 saturated heterocycles. The summed E-state index contributed by atoms with van der Waals surface area (Å²) in [5.74, 6) is -3.87. The van der Waals surface area contributed by atoms with Crippen LogP contribution in [0, 0.1) is 11.6 Å². The molecule has 1 aromatic rings. The van der Waals surface area contributed by atoms with Gasteiger partial charge in [0.15, 0.2) is 0 Å². The van der Waals surface area contributed by atoms with E-state index in [1.54, 1.807) is 0 Å². The second-order valence-electron chi connectivity index (χ2n) is 3.08. The summed E-state index contributed by atoms with van der Waals surface area (Å²) < 4.78 is 26.3. The molecule has 2 N–H and O–H groups in total. The van der Waals surface area contributed by atoms with Crippen LogP contribution in [0.4, 0.5) is 8.78 Å². The fourth-order valence-electron chi connectivity index (χ4n) is 1.19. The van der Waals surface area contributed by atoms with Gasteiger partial charge in [-0.2, -0.15) is 0 Å². The number of carboxylic acids is 1. The van der Waals surface area contributed by atoms with Crippen molar-refractivity contribution in [3.63, 3.8) is 0 Å². The predicted molar refractivity (Wildman–Crippen MR) is 54.1 cm³/mol. The summed E-state index contributed by atoms with van der Waals surface area (Å²) in [6.45, 7) is -0.0608. The molecule has 0 aliphatic rings. The molecule has 3 nitrogen and oxygen atoms in total. The van der Waals surface area contributed by atoms with E-state index in [1.807, 2.05) is 0 Å². The van der Waals surface area contributed by atoms with Gasteiger partial charge in [0.1, 0.15) is 17.2 Å². The molecular formula is C11H10F2O3. The summed E-state index contributed by atoms with van der Waals surface area (Å²) in [4.78, 5) is 10.5. The van der Waals surface area contributed by atoms with Gasteiger partial charge in [-0.15, -0.1) is 0 Å². The number of halogens is 2. The molecule has 0 unspecified atom stereocenters. The molecule has 1 rings (SSSR count). The molecule has 0 atom stereocenters. The summed E-state index contributed by atoms with van der Waals surface area (Å²) in [6.07, 6.45) is 3.31. The van der Waals surface area contributed by atoms with Crippen molar-refractivity contribution >= 4 is 12.0 Å². The van der Waals surface area contributed by atoms with E-state index in [9.17, 15) is 13.6 Å². The van der Waals surface area contributed by atoms with Crippen molar-refractivity contribution < 1.29 is 23.8 Å². The first-order chi connectivity index (χ1) is 7.56. The average molecular weight is 228 g/mol. The number of hydrogen-bond donors (Lipinski definition) is 2. The smallest absolute Gasteiger partial charge is 0.341 e. The van der Waals surface area contributed by atoms with Crippen LogP contribution in [0.2, 0.25) is 0 Å². The number of aromatic carboxylic acids is 1. The van der Waals surface area contributed by atoms with Gasteiger partial charge >= 0.3 is 5.97 Å². The molecule has 0 aliphatic carbocycles. The first kappa shape index (κ1) is 12.3. The van der Waals surface area contributed by atoms with Gasteiger partial charge in [0.2, 0.25) is 0 Å². The lowest BCUT2D eigenvalue weighted by Crippen LogP contribution is -2.04. The van der Waals surface area contributed by atoms with Gasteiger partial charge in [-0.25, -0.2) is 13.6 Å². The highest BCUT2D eigenvalue weighted by atomic mass is 19.1. The molecule has 86 valence electrons. The van der Waals surface area contributed by atoms with Crippen molar-refractivity contribution in [2.75, 3.05) is 6.61 Å². The lowest BCUT2D eigenvalue weighted by atomic mass is 10.1. The van der Waals surface area contributed by atoms with Gasteiger partial charge in [0.25, 0.3) is 0 Å². The molecular weight excluding hydrogens is 218 g/mol. The van der Waals surface area contributed by atoms with E-state index in [4.69, 9.17) is 10.2 Å². The molecule has 16 heavy (non-hydrogen) atoms. The number of carbonyl (C=O) groups is 1. The molecule has 0 bridgehead atoms. The molecule has 0 aromatic heterocycles. The van der Waals surface area contributed by atoms with Crippen molar-refractivity contribution in [2.45, 2.75) is 6.42 Å². The molecule has 1 aromatic carbocycles. The fourth-order valence-corrected chi connectivity index (χ4v) is 1.19. The normalized spacial score (nSPS) is 10.9. The maximum Gasteiger partial charge on any atom is 0.341 e. The standard InChI is InChI=1S/C11H10F2O3/c12-8-5-7(3-1-2-4-14)6-9(13)10(8)11(15)16/h1,3,5-6,14H,2,4H2,(H,15,16). The van der Waals surface area contributed by atoms with Crippen LogP contribution < -0.4 is 0 Å². The zero-order valence-corrected chi connectivity index (χ0v) is 8.28. The SMILES string of the molecule is O=C(O)c1c(F)cc(C=CCCO)cc1F. The van der Waals surface area contributed by atoms with E-state index in [1.165, 1.54) is 12.2 Å². The highest BCUT2D eigenvalue weighted by molar-refractivity contribution is 5.88. The van der Waals surface area contributed by atoms with Crippen LogP contribution in [-0.4, -0.2) is 22.8 Å². The Morgan fingerprint density at radius 3 is 2.31 bits per heavy atom. The van der Waals surface area contributed by atoms with Gasteiger partial charge in [-0.1, -0.05) is 12.2 Å². The Balaban J connectivity index is 3.05. The van der Waals surface area contributed by atoms with Gasteiger partial charge < -0.3 is 10.2 Å². The van der Waals surface area contributed by atoms with E-state index < -0.39 is 23.2 Å². The largest absolute Gasteiger partial charge is 0.477 e. The molecule has 5 heteroatoms. The van der Waals surface area contributed by atoms with Crippen LogP contribution in [0.5, 0.6) is 0 Å². The Hall–Kier alpha value is -1.75. The minimum absolute atomic E-state index is 0.0608. The van der Waals surface area contributed by atoms with Crippen LogP contribution in [0.25, 0.3) is 6.08 Å². The third-order valence-corrected chi connectivity index (χ3v) is 1.88. The summed E-state index contributed by atoms with van der Waals surface area (Å²) in [7, 11) is 0. The van der Waals surface area contributed by atoms with Crippen LogP contribution in [0.1, 0.15) is 22.3 Å². The molecule has 0 heterocycles. The molecule has 0 amide bonds. The van der Waals surface area contributed by atoms with Crippen molar-refractivity contribution in [1.29, 1.82) is 0 Å². The lowest BCUT2D eigenvalue weighted by molar-refractivity contribution is 0.0686. The van der Waals surface area contributed by atoms with Crippen LogP contribution in [-0.2, 0) is 0 Å². The van der Waals surface area contributed by atoms with Crippen molar-refractivity contribution in [2.24, 2.45) is 0 Å². The molecule has 0 fully saturated rings. The first-order valence-corrected chi connectivity index (χ1v) is 4.56. The Bertz CT molecular complexity index is 404. The molecule has 0 saturated carbocycles. The fraction of sp³-hybridized carbons (Fsp3) is 0.182. The van der Waals surface area contributed by atoms with Crippen molar-refractivity contribution in [3.05, 3.63) is 41.0 Å². The minimum atomic E-state index is -1.64. The van der Waals surface area contributed by atoms with Crippen molar-refractivity contribution in [1.82, 2.24) is 0 Å². The zero-order chi connectivity index (χ0) is 12.1. The van der Waals surface area contributed by atoms with Gasteiger partial charge in [0.05, 0.1) is 0 Å². The second kappa shape index (κ2) is 5.37. The van der Waals surface area contributed by atoms with E-state index in [2.05, 4.69) is 0 Å². The summed E-state index contributed by atoms with van der Waals surface area (Å²) in [5.41, 5.74) is -0.743. The molecule has 0 spiro atoms. The molecule has 0 aliphatic heterocycles. The summed E-state index contributed by atoms with van der Waals surface area (Å²) in [6, 6.07) is 1.86. The maximum absolute atomic E-state index is 13.2. The Morgan fingerprint density at radius 2 is 1.88 bits per heavy atom. The number of rotatable bonds is 4. The summed E-state index contributed by atoms with van der Waals surface area (Å²) in [5, 5.41) is 17.0. The quantitative estimate of drug-likeness (QED) is 0.829. The molecule has 0 radical (unpaired) electrons. The van der Waals surface area contributed by atoms with Crippen LogP contribution >= 0.6 is 0 Å². The van der Waals surface area contributed by atoms with Crippen LogP contribution in [0.15, 0.2) is 18.2 Å². The van der Waals surface area contributed by atoms with Crippen LogP contribution in [0.3, 0.4) is 0 Å². The van der Waals surface area contributed by atoms with Gasteiger partial charge in [0, 0.05) is 6.61 Å². The van der Waals surface area contributed by atoms with E-state index in [0.717, 1.165) is 12.1 Å². The van der Waals surface area contributed by atoms with E-state index in [0.29, 0.717) is 6.42 Å². The second-order valence-corrected chi connectivity index (χ2v) is 3.08. The van der Waals surface area contributed by atoms with Gasteiger partial charge in [-0.3, -0.25) is 0 Å². The van der Waals surface area contributed by atoms with E-state index >= 15 is 0 Å². The monoisotopic (exact) mass is 228 g/mol. The number of aliphatic hydroxyl groups excluding tert-OH is 1. The number of hydrogen-bond acceptors (Lipinski definition) is 2. The lowest BCUT2D eigenvalue weighted by Gasteiger charge is -2.01. The topological polar surface area (TPSA) is 57.5 Å². The maximum atomic E-state index is 13.2. The highest BCUT2D eigenvalue weighted by Gasteiger charge is 2.16. The average Bonchev–Trinajstić information content (AvgIpc) is 2.16. The third-order valence-electron chi connectivity index (χ3n) is 1.88. The minimum Gasteiger partial charge on any atom is -0.477 e. The summed E-state index contributed by atoms with van der Waals surface area (Å²) >= 11 is 0. The van der Waals surface area contributed by atoms with E-state index in [-0.39, 0.29) is 12.2 Å². The predicted octanol–water partition coefficient (Wildman–Crippen LogP) is 2.06. The number of aliphatic hydroxyl groups is 1. The van der Waals surface area contributed by atoms with Crippen molar-refractivity contribution in [3.8, 4) is 0 Å². The highest BCUT2D eigenvalue weighted by Crippen LogP contribution is 2.16. The third kappa shape index (κ3) is 2.87. The number of benzene rings is 1. The Kier molecular flexibility index (Phi) is 4.13. The Labute approximate surface area is 90.6 Å².